The number of hydrogen-bond acceptors (Lipinski definition) is 2. The van der Waals surface area contributed by atoms with E-state index in [1.165, 1.54) is 0 Å². The Morgan fingerprint density at radius 2 is 1.69 bits per heavy atom. The van der Waals surface area contributed by atoms with E-state index in [9.17, 15) is 9.90 Å². The molecule has 0 unspecified atom stereocenters. The molecule has 0 spiro atoms. The number of aryl methyl sites for hydroxylation is 1. The van der Waals surface area contributed by atoms with Gasteiger partial charge in [-0.3, -0.25) is 0 Å². The summed E-state index contributed by atoms with van der Waals surface area (Å²) in [6, 6.07) is 3.39. The van der Waals surface area contributed by atoms with Crippen LogP contribution in [0.5, 0.6) is 0 Å². The molecule has 0 aliphatic rings. The van der Waals surface area contributed by atoms with Crippen molar-refractivity contribution in [3.05, 3.63) is 34.4 Å². The molecule has 13 heavy (non-hydrogen) atoms. The Bertz CT molecular complexity index is 332. The van der Waals surface area contributed by atoms with E-state index in [2.05, 4.69) is 0 Å². The molecule has 0 amide bonds. The predicted molar refractivity (Wildman–Crippen MR) is 45.0 cm³/mol. The average Bonchev–Trinajstić information content (AvgIpc) is 2.00. The maximum atomic E-state index is 10.6. The SMILES string of the molecule is Cc1ccc(C(=O)[O-])c(C)c1C.[Na+]. The number of carbonyl (C=O) groups excluding carboxylic acids is 1. The van der Waals surface area contributed by atoms with Crippen molar-refractivity contribution in [1.82, 2.24) is 0 Å². The van der Waals surface area contributed by atoms with Crippen LogP contribution >= 0.6 is 0 Å². The third-order valence-electron chi connectivity index (χ3n) is 2.28. The normalized spacial score (nSPS) is 9.15. The van der Waals surface area contributed by atoms with Gasteiger partial charge in [-0.1, -0.05) is 12.1 Å². The number of carboxylic acids is 1. The number of aromatic carboxylic acids is 1. The minimum atomic E-state index is -1.10. The molecule has 1 aromatic carbocycles. The maximum absolute atomic E-state index is 10.6. The minimum absolute atomic E-state index is 0. The van der Waals surface area contributed by atoms with Gasteiger partial charge in [0.05, 0.1) is 5.97 Å². The summed E-state index contributed by atoms with van der Waals surface area (Å²) in [7, 11) is 0. The summed E-state index contributed by atoms with van der Waals surface area (Å²) in [6.45, 7) is 5.67. The Hall–Kier alpha value is -0.310. The summed E-state index contributed by atoms with van der Waals surface area (Å²) in [5.41, 5.74) is 3.22. The Kier molecular flexibility index (Phi) is 4.68. The summed E-state index contributed by atoms with van der Waals surface area (Å²) in [5, 5.41) is 10.6. The first-order chi connectivity index (χ1) is 5.54. The van der Waals surface area contributed by atoms with Crippen molar-refractivity contribution in [3.63, 3.8) is 0 Å². The van der Waals surface area contributed by atoms with E-state index < -0.39 is 5.97 Å². The molecule has 2 nitrogen and oxygen atoms in total. The number of benzene rings is 1. The zero-order valence-corrected chi connectivity index (χ0v) is 10.5. The van der Waals surface area contributed by atoms with E-state index in [1.54, 1.807) is 19.1 Å². The van der Waals surface area contributed by atoms with Crippen LogP contribution in [0.1, 0.15) is 27.0 Å². The van der Waals surface area contributed by atoms with Gasteiger partial charge in [0.2, 0.25) is 0 Å². The molecule has 3 heteroatoms. The van der Waals surface area contributed by atoms with Gasteiger partial charge in [0.1, 0.15) is 0 Å². The van der Waals surface area contributed by atoms with Crippen LogP contribution in [0, 0.1) is 20.8 Å². The van der Waals surface area contributed by atoms with E-state index in [-0.39, 0.29) is 35.1 Å². The Morgan fingerprint density at radius 3 is 2.15 bits per heavy atom. The molecule has 0 aliphatic heterocycles. The fourth-order valence-corrected chi connectivity index (χ4v) is 1.18. The number of carbonyl (C=O) groups is 1. The van der Waals surface area contributed by atoms with Crippen molar-refractivity contribution >= 4 is 5.97 Å². The summed E-state index contributed by atoms with van der Waals surface area (Å²) >= 11 is 0. The molecule has 1 aromatic rings. The third-order valence-corrected chi connectivity index (χ3v) is 2.28. The van der Waals surface area contributed by atoms with Crippen molar-refractivity contribution in [2.24, 2.45) is 0 Å². The molecule has 0 atom stereocenters. The molecular weight excluding hydrogens is 175 g/mol. The van der Waals surface area contributed by atoms with Crippen molar-refractivity contribution in [1.29, 1.82) is 0 Å². The van der Waals surface area contributed by atoms with Crippen LogP contribution in [0.15, 0.2) is 12.1 Å². The maximum Gasteiger partial charge on any atom is 1.00 e. The van der Waals surface area contributed by atoms with Crippen molar-refractivity contribution in [2.75, 3.05) is 0 Å². The van der Waals surface area contributed by atoms with E-state index in [0.29, 0.717) is 0 Å². The first-order valence-electron chi connectivity index (χ1n) is 3.82. The van der Waals surface area contributed by atoms with E-state index in [0.717, 1.165) is 16.7 Å². The molecule has 0 saturated heterocycles. The van der Waals surface area contributed by atoms with Crippen LogP contribution in [0.25, 0.3) is 0 Å². The molecule has 1 rings (SSSR count). The van der Waals surface area contributed by atoms with Gasteiger partial charge in [-0.25, -0.2) is 0 Å². The van der Waals surface area contributed by atoms with Gasteiger partial charge in [-0.15, -0.1) is 0 Å². The molecule has 0 aliphatic carbocycles. The van der Waals surface area contributed by atoms with E-state index in [1.807, 2.05) is 13.8 Å². The minimum Gasteiger partial charge on any atom is -0.545 e. The van der Waals surface area contributed by atoms with Crippen LogP contribution in [-0.2, 0) is 0 Å². The first-order valence-corrected chi connectivity index (χ1v) is 3.82. The van der Waals surface area contributed by atoms with Crippen LogP contribution in [0.3, 0.4) is 0 Å². The van der Waals surface area contributed by atoms with Crippen LogP contribution in [0.2, 0.25) is 0 Å². The predicted octanol–water partition coefficient (Wildman–Crippen LogP) is -2.02. The number of rotatable bonds is 1. The van der Waals surface area contributed by atoms with E-state index >= 15 is 0 Å². The van der Waals surface area contributed by atoms with Crippen molar-refractivity contribution in [2.45, 2.75) is 20.8 Å². The molecule has 0 heterocycles. The molecule has 0 bridgehead atoms. The van der Waals surface area contributed by atoms with E-state index in [4.69, 9.17) is 0 Å². The standard InChI is InChI=1S/C10H12O2.Na/c1-6-4-5-9(10(11)12)8(3)7(6)2;/h4-5H,1-3H3,(H,11,12);/q;+1/p-1. The molecule has 0 N–H and O–H groups in total. The Balaban J connectivity index is 0.00000144. The van der Waals surface area contributed by atoms with Gasteiger partial charge >= 0.3 is 29.6 Å². The monoisotopic (exact) mass is 186 g/mol. The first kappa shape index (κ1) is 12.7. The molecule has 64 valence electrons. The van der Waals surface area contributed by atoms with Crippen LogP contribution in [0.4, 0.5) is 0 Å². The summed E-state index contributed by atoms with van der Waals surface area (Å²) in [4.78, 5) is 10.6. The van der Waals surface area contributed by atoms with Crippen LogP contribution < -0.4 is 34.7 Å². The summed E-state index contributed by atoms with van der Waals surface area (Å²) in [5.74, 6) is -1.10. The van der Waals surface area contributed by atoms with Gasteiger partial charge in [0, 0.05) is 5.56 Å². The zero-order chi connectivity index (χ0) is 9.30. The van der Waals surface area contributed by atoms with Crippen LogP contribution in [-0.4, -0.2) is 5.97 Å². The number of carboxylic acid groups (broad SMARTS) is 1. The molecule has 0 fully saturated rings. The second-order valence-corrected chi connectivity index (χ2v) is 2.97. The molecule has 0 aromatic heterocycles. The fraction of sp³-hybridized carbons (Fsp3) is 0.300. The molecule has 0 saturated carbocycles. The van der Waals surface area contributed by atoms with Gasteiger partial charge < -0.3 is 9.90 Å². The Labute approximate surface area is 100 Å². The van der Waals surface area contributed by atoms with Crippen molar-refractivity contribution < 1.29 is 39.5 Å². The van der Waals surface area contributed by atoms with Gasteiger partial charge in [-0.2, -0.15) is 0 Å². The zero-order valence-electron chi connectivity index (χ0n) is 8.47. The molecular formula is C10H11NaO2. The molecule has 0 radical (unpaired) electrons. The second-order valence-electron chi connectivity index (χ2n) is 2.97. The third kappa shape index (κ3) is 2.56. The average molecular weight is 186 g/mol. The number of hydrogen-bond donors (Lipinski definition) is 0. The van der Waals surface area contributed by atoms with Crippen molar-refractivity contribution in [3.8, 4) is 0 Å². The quantitative estimate of drug-likeness (QED) is 0.475. The van der Waals surface area contributed by atoms with Gasteiger partial charge in [0.15, 0.2) is 0 Å². The van der Waals surface area contributed by atoms with Gasteiger partial charge in [-0.05, 0) is 37.5 Å². The Morgan fingerprint density at radius 1 is 1.15 bits per heavy atom. The second kappa shape index (κ2) is 4.80. The fourth-order valence-electron chi connectivity index (χ4n) is 1.18. The largest absolute Gasteiger partial charge is 1.00 e. The summed E-state index contributed by atoms with van der Waals surface area (Å²) in [6.07, 6.45) is 0. The summed E-state index contributed by atoms with van der Waals surface area (Å²) < 4.78 is 0. The topological polar surface area (TPSA) is 40.1 Å². The van der Waals surface area contributed by atoms with Gasteiger partial charge in [0.25, 0.3) is 0 Å². The smallest absolute Gasteiger partial charge is 0.545 e.